The minimum atomic E-state index is -0.749. The molecule has 2 aliphatic heterocycles. The van der Waals surface area contributed by atoms with E-state index in [4.69, 9.17) is 0 Å². The van der Waals surface area contributed by atoms with Crippen LogP contribution in [0.15, 0.2) is 10.4 Å². The highest BCUT2D eigenvalue weighted by atomic mass is 16.2. The Labute approximate surface area is 88.2 Å². The highest BCUT2D eigenvalue weighted by Crippen LogP contribution is 2.04. The van der Waals surface area contributed by atoms with Gasteiger partial charge in [0, 0.05) is 0 Å². The van der Waals surface area contributed by atoms with Gasteiger partial charge in [0.2, 0.25) is 0 Å². The van der Waals surface area contributed by atoms with Gasteiger partial charge in [-0.1, -0.05) is 0 Å². The third-order valence-corrected chi connectivity index (χ3v) is 1.86. The summed E-state index contributed by atoms with van der Waals surface area (Å²) >= 11 is 0. The van der Waals surface area contributed by atoms with Crippen molar-refractivity contribution in [3.63, 3.8) is 0 Å². The number of urea groups is 2. The van der Waals surface area contributed by atoms with Crippen LogP contribution in [0.3, 0.4) is 0 Å². The molecule has 6 amide bonds. The van der Waals surface area contributed by atoms with Crippen LogP contribution >= 0.6 is 0 Å². The Morgan fingerprint density at radius 3 is 1.44 bits per heavy atom. The fourth-order valence-corrected chi connectivity index (χ4v) is 1.09. The number of carbonyl (C=O) groups excluding carboxylic acids is 4. The molecule has 0 radical (unpaired) electrons. The molecular weight excluding hydrogens is 220 g/mol. The first-order valence-corrected chi connectivity index (χ1v) is 4.23. The number of hydrogen-bond acceptors (Lipinski definition) is 6. The van der Waals surface area contributed by atoms with Crippen molar-refractivity contribution in [2.24, 2.45) is 10.4 Å². The molecule has 0 bridgehead atoms. The first-order valence-electron chi connectivity index (χ1n) is 4.23. The minimum absolute atomic E-state index is 0.183. The summed E-state index contributed by atoms with van der Waals surface area (Å²) in [6, 6.07) is -1.50. The maximum atomic E-state index is 11.0. The average molecular weight is 226 g/mol. The van der Waals surface area contributed by atoms with Crippen molar-refractivity contribution in [3.8, 4) is 0 Å². The largest absolute Gasteiger partial charge is 0.347 e. The van der Waals surface area contributed by atoms with Gasteiger partial charge in [-0.25, -0.2) is 9.59 Å². The lowest BCUT2D eigenvalue weighted by Gasteiger charge is -2.05. The first kappa shape index (κ1) is 10.0. The van der Waals surface area contributed by atoms with Crippen molar-refractivity contribution < 1.29 is 19.2 Å². The molecule has 2 N–H and O–H groups in total. The second-order valence-electron chi connectivity index (χ2n) is 2.91. The molecule has 2 fully saturated rings. The summed E-state index contributed by atoms with van der Waals surface area (Å²) in [6.07, 6.45) is 0. The van der Waals surface area contributed by atoms with E-state index in [1.54, 1.807) is 0 Å². The van der Waals surface area contributed by atoms with Crippen LogP contribution in [0.25, 0.3) is 0 Å². The summed E-state index contributed by atoms with van der Waals surface area (Å²) < 4.78 is 0. The van der Waals surface area contributed by atoms with Gasteiger partial charge in [0.15, 0.2) is 0 Å². The van der Waals surface area contributed by atoms with E-state index in [0.717, 1.165) is 0 Å². The fraction of sp³-hybridized carbons (Fsp3) is 0.333. The molecule has 2 aliphatic rings. The van der Waals surface area contributed by atoms with Gasteiger partial charge in [-0.15, -0.1) is 10.0 Å². The fourth-order valence-electron chi connectivity index (χ4n) is 1.09. The Kier molecular flexibility index (Phi) is 2.23. The number of hydrogen-bond donors (Lipinski definition) is 2. The van der Waals surface area contributed by atoms with Gasteiger partial charge in [-0.05, 0) is 10.4 Å². The summed E-state index contributed by atoms with van der Waals surface area (Å²) in [5.41, 5.74) is 0. The molecule has 0 aromatic carbocycles. The Bertz CT molecular complexity index is 347. The number of imide groups is 2. The third kappa shape index (κ3) is 1.55. The monoisotopic (exact) mass is 226 g/mol. The van der Waals surface area contributed by atoms with E-state index in [0.29, 0.717) is 10.0 Å². The SMILES string of the molecule is O=C1CNC(=O)N1N=NN1C(=O)CNC1=O. The first-order chi connectivity index (χ1) is 7.59. The Morgan fingerprint density at radius 1 is 0.812 bits per heavy atom. The summed E-state index contributed by atoms with van der Waals surface area (Å²) in [7, 11) is 0. The van der Waals surface area contributed by atoms with Crippen molar-refractivity contribution in [1.29, 1.82) is 0 Å². The lowest BCUT2D eigenvalue weighted by atomic mass is 10.6. The summed E-state index contributed by atoms with van der Waals surface area (Å²) in [6.45, 7) is -0.365. The molecule has 2 saturated heterocycles. The van der Waals surface area contributed by atoms with Crippen molar-refractivity contribution >= 4 is 23.9 Å². The number of amides is 6. The maximum Gasteiger partial charge on any atom is 0.347 e. The predicted octanol–water partition coefficient (Wildman–Crippen LogP) is -1.63. The molecule has 0 aromatic heterocycles. The van der Waals surface area contributed by atoms with Crippen LogP contribution in [-0.4, -0.2) is 47.0 Å². The van der Waals surface area contributed by atoms with Crippen LogP contribution in [0.1, 0.15) is 0 Å². The molecule has 0 unspecified atom stereocenters. The molecule has 10 heteroatoms. The van der Waals surface area contributed by atoms with Crippen molar-refractivity contribution in [1.82, 2.24) is 20.7 Å². The van der Waals surface area contributed by atoms with Gasteiger partial charge >= 0.3 is 12.1 Å². The van der Waals surface area contributed by atoms with Gasteiger partial charge in [-0.3, -0.25) is 9.59 Å². The molecule has 0 saturated carbocycles. The zero-order chi connectivity index (χ0) is 11.7. The van der Waals surface area contributed by atoms with E-state index in [1.165, 1.54) is 0 Å². The highest BCUT2D eigenvalue weighted by molar-refractivity contribution is 6.02. The summed E-state index contributed by atoms with van der Waals surface area (Å²) in [5, 5.41) is 11.7. The summed E-state index contributed by atoms with van der Waals surface area (Å²) in [5.74, 6) is -1.22. The Morgan fingerprint density at radius 2 is 1.19 bits per heavy atom. The van der Waals surface area contributed by atoms with E-state index in [9.17, 15) is 19.2 Å². The van der Waals surface area contributed by atoms with Crippen LogP contribution in [0.5, 0.6) is 0 Å². The average Bonchev–Trinajstić information content (AvgIpc) is 2.72. The van der Waals surface area contributed by atoms with Gasteiger partial charge in [0.1, 0.15) is 13.1 Å². The standard InChI is InChI=1S/C6H6N6O4/c13-3-1-7-5(15)11(3)9-10-12-4(14)2-8-6(12)16/h1-2H2,(H,7,15)(H,8,16). The van der Waals surface area contributed by atoms with Crippen LogP contribution in [0.4, 0.5) is 9.59 Å². The zero-order valence-corrected chi connectivity index (χ0v) is 7.84. The molecule has 84 valence electrons. The quantitative estimate of drug-likeness (QED) is 0.433. The lowest BCUT2D eigenvalue weighted by Crippen LogP contribution is -2.29. The van der Waals surface area contributed by atoms with Crippen LogP contribution < -0.4 is 10.6 Å². The Balaban J connectivity index is 2.09. The normalized spacial score (nSPS) is 21.0. The summed E-state index contributed by atoms with van der Waals surface area (Å²) in [4.78, 5) is 44.1. The zero-order valence-electron chi connectivity index (χ0n) is 7.84. The van der Waals surface area contributed by atoms with Crippen molar-refractivity contribution in [2.45, 2.75) is 0 Å². The smallest absolute Gasteiger partial charge is 0.327 e. The van der Waals surface area contributed by atoms with E-state index in [2.05, 4.69) is 21.1 Å². The molecule has 0 atom stereocenters. The van der Waals surface area contributed by atoms with Gasteiger partial charge in [0.05, 0.1) is 0 Å². The molecule has 2 rings (SSSR count). The van der Waals surface area contributed by atoms with Crippen molar-refractivity contribution in [3.05, 3.63) is 0 Å². The maximum absolute atomic E-state index is 11.0. The Hall–Kier alpha value is -2.52. The molecule has 10 nitrogen and oxygen atoms in total. The van der Waals surface area contributed by atoms with E-state index < -0.39 is 23.9 Å². The lowest BCUT2D eigenvalue weighted by molar-refractivity contribution is -0.128. The second-order valence-corrected chi connectivity index (χ2v) is 2.91. The van der Waals surface area contributed by atoms with E-state index in [1.807, 2.05) is 0 Å². The molecule has 16 heavy (non-hydrogen) atoms. The third-order valence-electron chi connectivity index (χ3n) is 1.86. The predicted molar refractivity (Wildman–Crippen MR) is 45.3 cm³/mol. The van der Waals surface area contributed by atoms with Gasteiger partial charge in [0.25, 0.3) is 11.8 Å². The van der Waals surface area contributed by atoms with Gasteiger partial charge in [-0.2, -0.15) is 0 Å². The molecule has 0 aliphatic carbocycles. The number of nitrogens with zero attached hydrogens (tertiary/aromatic N) is 4. The molecule has 0 spiro atoms. The molecule has 2 heterocycles. The number of rotatable bonds is 2. The highest BCUT2D eigenvalue weighted by Gasteiger charge is 2.32. The van der Waals surface area contributed by atoms with E-state index in [-0.39, 0.29) is 13.1 Å². The number of carbonyl (C=O) groups is 4. The van der Waals surface area contributed by atoms with Crippen LogP contribution in [0, 0.1) is 0 Å². The van der Waals surface area contributed by atoms with Gasteiger partial charge < -0.3 is 10.6 Å². The molecular formula is C6H6N6O4. The van der Waals surface area contributed by atoms with E-state index >= 15 is 0 Å². The van der Waals surface area contributed by atoms with Crippen LogP contribution in [0.2, 0.25) is 0 Å². The van der Waals surface area contributed by atoms with Crippen LogP contribution in [-0.2, 0) is 9.59 Å². The second kappa shape index (κ2) is 3.56. The topological polar surface area (TPSA) is 124 Å². The minimum Gasteiger partial charge on any atom is -0.327 e. The number of nitrogens with one attached hydrogen (secondary N) is 2. The molecule has 0 aromatic rings. The van der Waals surface area contributed by atoms with Crippen molar-refractivity contribution in [2.75, 3.05) is 13.1 Å².